The third kappa shape index (κ3) is 5.01. The second kappa shape index (κ2) is 7.26. The third-order valence-electron chi connectivity index (χ3n) is 3.22. The highest BCUT2D eigenvalue weighted by molar-refractivity contribution is 9.10. The Labute approximate surface area is 101 Å². The summed E-state index contributed by atoms with van der Waals surface area (Å²) in [5, 5.41) is 2.99. The highest BCUT2D eigenvalue weighted by Gasteiger charge is 2.15. The zero-order valence-corrected chi connectivity index (χ0v) is 11.2. The van der Waals surface area contributed by atoms with Crippen molar-refractivity contribution < 1.29 is 4.79 Å². The van der Waals surface area contributed by atoms with Gasteiger partial charge in [-0.1, -0.05) is 55.0 Å². The van der Waals surface area contributed by atoms with Gasteiger partial charge in [-0.3, -0.25) is 4.79 Å². The Kier molecular flexibility index (Phi) is 6.30. The summed E-state index contributed by atoms with van der Waals surface area (Å²) in [4.78, 5) is 11.4. The number of amides is 1. The van der Waals surface area contributed by atoms with E-state index in [2.05, 4.69) is 21.2 Å². The largest absolute Gasteiger partial charge is 0.355 e. The molecule has 0 spiro atoms. The molecule has 1 N–H and O–H groups in total. The maximum absolute atomic E-state index is 11.5. The molecule has 3 heteroatoms. The molecule has 1 unspecified atom stereocenters. The molecule has 0 radical (unpaired) electrons. The standard InChI is InChI=1S/C12H22BrNO/c1-2-11(13)12(15)14-9-8-10-6-4-3-5-7-10/h10-11H,2-9H2,1H3,(H,14,15). The summed E-state index contributed by atoms with van der Waals surface area (Å²) >= 11 is 3.36. The number of carbonyl (C=O) groups excluding carboxylic acids is 1. The maximum Gasteiger partial charge on any atom is 0.233 e. The average Bonchev–Trinajstić information content (AvgIpc) is 2.29. The molecule has 0 bridgehead atoms. The quantitative estimate of drug-likeness (QED) is 0.767. The van der Waals surface area contributed by atoms with Crippen molar-refractivity contribution in [2.75, 3.05) is 6.54 Å². The number of rotatable bonds is 5. The van der Waals surface area contributed by atoms with Crippen LogP contribution in [0.2, 0.25) is 0 Å². The van der Waals surface area contributed by atoms with Gasteiger partial charge in [-0.15, -0.1) is 0 Å². The van der Waals surface area contributed by atoms with Gasteiger partial charge in [0.2, 0.25) is 5.91 Å². The van der Waals surface area contributed by atoms with Crippen LogP contribution in [0.15, 0.2) is 0 Å². The lowest BCUT2D eigenvalue weighted by atomic mass is 9.87. The van der Waals surface area contributed by atoms with Crippen molar-refractivity contribution in [3.63, 3.8) is 0 Å². The van der Waals surface area contributed by atoms with Gasteiger partial charge in [0.1, 0.15) is 0 Å². The first-order valence-electron chi connectivity index (χ1n) is 6.15. The Morgan fingerprint density at radius 3 is 2.67 bits per heavy atom. The number of carbonyl (C=O) groups is 1. The van der Waals surface area contributed by atoms with E-state index in [1.807, 2.05) is 6.92 Å². The molecule has 0 aromatic rings. The van der Waals surface area contributed by atoms with Crippen LogP contribution in [0.1, 0.15) is 51.9 Å². The van der Waals surface area contributed by atoms with Crippen molar-refractivity contribution in [3.8, 4) is 0 Å². The van der Waals surface area contributed by atoms with Crippen molar-refractivity contribution in [2.45, 2.75) is 56.7 Å². The van der Waals surface area contributed by atoms with Crippen LogP contribution >= 0.6 is 15.9 Å². The van der Waals surface area contributed by atoms with Gasteiger partial charge in [-0.05, 0) is 18.8 Å². The van der Waals surface area contributed by atoms with Gasteiger partial charge in [0.05, 0.1) is 4.83 Å². The summed E-state index contributed by atoms with van der Waals surface area (Å²) in [6.07, 6.45) is 8.92. The molecule has 88 valence electrons. The number of hydrogen-bond acceptors (Lipinski definition) is 1. The van der Waals surface area contributed by atoms with E-state index >= 15 is 0 Å². The molecule has 0 saturated heterocycles. The fraction of sp³-hybridized carbons (Fsp3) is 0.917. The van der Waals surface area contributed by atoms with Gasteiger partial charge in [0, 0.05) is 6.54 Å². The molecule has 1 fully saturated rings. The van der Waals surface area contributed by atoms with Crippen molar-refractivity contribution in [1.29, 1.82) is 0 Å². The lowest BCUT2D eigenvalue weighted by molar-refractivity contribution is -0.120. The van der Waals surface area contributed by atoms with Crippen molar-refractivity contribution in [1.82, 2.24) is 5.32 Å². The van der Waals surface area contributed by atoms with E-state index in [1.165, 1.54) is 32.1 Å². The van der Waals surface area contributed by atoms with E-state index in [9.17, 15) is 4.79 Å². The third-order valence-corrected chi connectivity index (χ3v) is 4.28. The molecule has 1 saturated carbocycles. The predicted molar refractivity (Wildman–Crippen MR) is 67.2 cm³/mol. The van der Waals surface area contributed by atoms with Gasteiger partial charge in [0.15, 0.2) is 0 Å². The molecule has 1 atom stereocenters. The summed E-state index contributed by atoms with van der Waals surface area (Å²) in [5.74, 6) is 1.00. The first-order chi connectivity index (χ1) is 7.24. The maximum atomic E-state index is 11.5. The molecular formula is C12H22BrNO. The van der Waals surface area contributed by atoms with Crippen LogP contribution in [-0.4, -0.2) is 17.3 Å². The number of hydrogen-bond donors (Lipinski definition) is 1. The van der Waals surface area contributed by atoms with Gasteiger partial charge in [-0.2, -0.15) is 0 Å². The minimum Gasteiger partial charge on any atom is -0.355 e. The first-order valence-corrected chi connectivity index (χ1v) is 7.07. The van der Waals surface area contributed by atoms with E-state index in [-0.39, 0.29) is 10.7 Å². The van der Waals surface area contributed by atoms with Crippen molar-refractivity contribution in [3.05, 3.63) is 0 Å². The smallest absolute Gasteiger partial charge is 0.233 e. The Hall–Kier alpha value is -0.0500. The summed E-state index contributed by atoms with van der Waals surface area (Å²) < 4.78 is 0. The Morgan fingerprint density at radius 1 is 1.40 bits per heavy atom. The number of halogens is 1. The highest BCUT2D eigenvalue weighted by Crippen LogP contribution is 2.25. The molecule has 0 heterocycles. The van der Waals surface area contributed by atoms with Crippen LogP contribution in [0.25, 0.3) is 0 Å². The minimum absolute atomic E-state index is 0.0103. The minimum atomic E-state index is -0.0103. The van der Waals surface area contributed by atoms with Gasteiger partial charge in [0.25, 0.3) is 0 Å². The van der Waals surface area contributed by atoms with Crippen LogP contribution in [0, 0.1) is 5.92 Å². The summed E-state index contributed by atoms with van der Waals surface area (Å²) in [6.45, 7) is 2.87. The molecule has 1 aliphatic rings. The molecule has 1 amide bonds. The molecule has 15 heavy (non-hydrogen) atoms. The van der Waals surface area contributed by atoms with Gasteiger partial charge in [-0.25, -0.2) is 0 Å². The van der Waals surface area contributed by atoms with Gasteiger partial charge >= 0.3 is 0 Å². The van der Waals surface area contributed by atoms with Crippen LogP contribution < -0.4 is 5.32 Å². The van der Waals surface area contributed by atoms with Crippen LogP contribution in [0.5, 0.6) is 0 Å². The number of nitrogens with one attached hydrogen (secondary N) is 1. The van der Waals surface area contributed by atoms with Crippen molar-refractivity contribution >= 4 is 21.8 Å². The Bertz CT molecular complexity index is 190. The Balaban J connectivity index is 2.07. The molecular weight excluding hydrogens is 254 g/mol. The van der Waals surface area contributed by atoms with Crippen LogP contribution in [0.3, 0.4) is 0 Å². The van der Waals surface area contributed by atoms with Gasteiger partial charge < -0.3 is 5.32 Å². The average molecular weight is 276 g/mol. The van der Waals surface area contributed by atoms with E-state index in [1.54, 1.807) is 0 Å². The lowest BCUT2D eigenvalue weighted by Crippen LogP contribution is -2.32. The second-order valence-corrected chi connectivity index (χ2v) is 5.56. The summed E-state index contributed by atoms with van der Waals surface area (Å²) in [6, 6.07) is 0. The van der Waals surface area contributed by atoms with Crippen LogP contribution in [-0.2, 0) is 4.79 Å². The van der Waals surface area contributed by atoms with E-state index in [0.717, 1.165) is 25.3 Å². The van der Waals surface area contributed by atoms with E-state index < -0.39 is 0 Å². The molecule has 2 nitrogen and oxygen atoms in total. The highest BCUT2D eigenvalue weighted by atomic mass is 79.9. The fourth-order valence-electron chi connectivity index (χ4n) is 2.17. The zero-order valence-electron chi connectivity index (χ0n) is 9.60. The van der Waals surface area contributed by atoms with E-state index in [4.69, 9.17) is 0 Å². The first kappa shape index (κ1) is 13.0. The topological polar surface area (TPSA) is 29.1 Å². The van der Waals surface area contributed by atoms with Crippen LogP contribution in [0.4, 0.5) is 0 Å². The summed E-state index contributed by atoms with van der Waals surface area (Å²) in [5.41, 5.74) is 0. The summed E-state index contributed by atoms with van der Waals surface area (Å²) in [7, 11) is 0. The molecule has 0 aliphatic heterocycles. The number of alkyl halides is 1. The lowest BCUT2D eigenvalue weighted by Gasteiger charge is -2.21. The molecule has 1 aliphatic carbocycles. The zero-order chi connectivity index (χ0) is 11.1. The second-order valence-electron chi connectivity index (χ2n) is 4.46. The monoisotopic (exact) mass is 275 g/mol. The molecule has 0 aromatic carbocycles. The SMILES string of the molecule is CCC(Br)C(=O)NCCC1CCCCC1. The molecule has 0 aromatic heterocycles. The van der Waals surface area contributed by atoms with Crippen molar-refractivity contribution in [2.24, 2.45) is 5.92 Å². The normalized spacial score (nSPS) is 19.9. The molecule has 1 rings (SSSR count). The Morgan fingerprint density at radius 2 is 2.07 bits per heavy atom. The predicted octanol–water partition coefficient (Wildman–Crippen LogP) is 3.25. The van der Waals surface area contributed by atoms with E-state index in [0.29, 0.717) is 0 Å². The fourth-order valence-corrected chi connectivity index (χ4v) is 2.33.